The lowest BCUT2D eigenvalue weighted by molar-refractivity contribution is 0.115. The predicted molar refractivity (Wildman–Crippen MR) is 97.0 cm³/mol. The summed E-state index contributed by atoms with van der Waals surface area (Å²) >= 11 is 0. The predicted octanol–water partition coefficient (Wildman–Crippen LogP) is 1.81. The van der Waals surface area contributed by atoms with Crippen LogP contribution in [0.15, 0.2) is 39.7 Å². The summed E-state index contributed by atoms with van der Waals surface area (Å²) in [6.45, 7) is 5.43. The van der Waals surface area contributed by atoms with Crippen LogP contribution < -0.4 is 14.9 Å². The Kier molecular flexibility index (Phi) is 5.70. The van der Waals surface area contributed by atoms with Gasteiger partial charge in [-0.2, -0.15) is 0 Å². The monoisotopic (exact) mass is 380 g/mol. The van der Waals surface area contributed by atoms with Crippen molar-refractivity contribution in [3.63, 3.8) is 0 Å². The number of nitrogens with zero attached hydrogens (tertiary/aromatic N) is 2. The largest absolute Gasteiger partial charge is 0.502 e. The molecular formula is C18H21ClN2O5. The van der Waals surface area contributed by atoms with Gasteiger partial charge in [0.05, 0.1) is 6.54 Å². The molecule has 0 radical (unpaired) electrons. The Morgan fingerprint density at radius 2 is 1.65 bits per heavy atom. The van der Waals surface area contributed by atoms with Gasteiger partial charge in [-0.25, -0.2) is 0 Å². The number of piperazine rings is 1. The highest BCUT2D eigenvalue weighted by molar-refractivity contribution is 5.85. The van der Waals surface area contributed by atoms with Crippen molar-refractivity contribution >= 4 is 12.4 Å². The van der Waals surface area contributed by atoms with Gasteiger partial charge < -0.3 is 19.0 Å². The van der Waals surface area contributed by atoms with E-state index in [1.807, 2.05) is 12.1 Å². The normalized spacial score (nSPS) is 17.1. The molecule has 1 aromatic heterocycles. The van der Waals surface area contributed by atoms with Crippen LogP contribution in [0.25, 0.3) is 0 Å². The van der Waals surface area contributed by atoms with Crippen molar-refractivity contribution < 1.29 is 19.0 Å². The minimum atomic E-state index is -0.400. The molecule has 7 nitrogen and oxygen atoms in total. The summed E-state index contributed by atoms with van der Waals surface area (Å²) in [5.74, 6) is 1.85. The van der Waals surface area contributed by atoms with E-state index in [0.717, 1.165) is 50.5 Å². The van der Waals surface area contributed by atoms with Gasteiger partial charge in [-0.3, -0.25) is 14.6 Å². The smallest absolute Gasteiger partial charge is 0.231 e. The van der Waals surface area contributed by atoms with Crippen molar-refractivity contribution in [2.75, 3.05) is 33.0 Å². The lowest BCUT2D eigenvalue weighted by atomic mass is 10.1. The molecule has 2 aliphatic rings. The van der Waals surface area contributed by atoms with Gasteiger partial charge in [0.15, 0.2) is 17.2 Å². The molecule has 2 aromatic rings. The zero-order valence-electron chi connectivity index (χ0n) is 14.2. The summed E-state index contributed by atoms with van der Waals surface area (Å²) in [6.07, 6.45) is 1.10. The molecule has 0 spiro atoms. The van der Waals surface area contributed by atoms with Crippen LogP contribution in [0.3, 0.4) is 0 Å². The molecule has 8 heteroatoms. The van der Waals surface area contributed by atoms with Gasteiger partial charge in [0.2, 0.25) is 12.2 Å². The van der Waals surface area contributed by atoms with E-state index in [-0.39, 0.29) is 18.2 Å². The van der Waals surface area contributed by atoms with Crippen molar-refractivity contribution in [2.24, 2.45) is 0 Å². The lowest BCUT2D eigenvalue weighted by Crippen LogP contribution is -2.45. The molecule has 1 saturated heterocycles. The van der Waals surface area contributed by atoms with Gasteiger partial charge in [0, 0.05) is 38.8 Å². The van der Waals surface area contributed by atoms with Crippen molar-refractivity contribution in [3.05, 3.63) is 52.1 Å². The minimum absolute atomic E-state index is 0. The van der Waals surface area contributed by atoms with E-state index in [1.54, 1.807) is 0 Å². The van der Waals surface area contributed by atoms with E-state index in [4.69, 9.17) is 13.9 Å². The first kappa shape index (κ1) is 18.6. The number of ether oxygens (including phenoxy) is 2. The van der Waals surface area contributed by atoms with Crippen LogP contribution in [-0.4, -0.2) is 47.9 Å². The Morgan fingerprint density at radius 1 is 0.962 bits per heavy atom. The molecular weight excluding hydrogens is 360 g/mol. The molecule has 0 bridgehead atoms. The van der Waals surface area contributed by atoms with Crippen LogP contribution in [0, 0.1) is 0 Å². The standard InChI is InChI=1S/C18H20N2O5.ClH/c21-15-8-14(23-11-16(15)22)10-20-5-3-19(4-6-20)9-13-1-2-17-18(7-13)25-12-24-17;/h1-2,7-8,11,22H,3-6,9-10,12H2;1H. The summed E-state index contributed by atoms with van der Waals surface area (Å²) in [5.41, 5.74) is 0.810. The van der Waals surface area contributed by atoms with Gasteiger partial charge >= 0.3 is 0 Å². The number of fused-ring (bicyclic) bond motifs is 1. The molecule has 0 aliphatic carbocycles. The third kappa shape index (κ3) is 4.12. The molecule has 0 atom stereocenters. The van der Waals surface area contributed by atoms with Crippen LogP contribution in [0.5, 0.6) is 17.2 Å². The first-order chi connectivity index (χ1) is 12.2. The van der Waals surface area contributed by atoms with Crippen molar-refractivity contribution in [1.82, 2.24) is 9.80 Å². The summed E-state index contributed by atoms with van der Waals surface area (Å²) in [5, 5.41) is 9.24. The van der Waals surface area contributed by atoms with E-state index in [9.17, 15) is 9.90 Å². The average Bonchev–Trinajstić information content (AvgIpc) is 3.08. The highest BCUT2D eigenvalue weighted by Crippen LogP contribution is 2.32. The van der Waals surface area contributed by atoms with Gasteiger partial charge in [-0.1, -0.05) is 6.07 Å². The van der Waals surface area contributed by atoms with Crippen molar-refractivity contribution in [2.45, 2.75) is 13.1 Å². The van der Waals surface area contributed by atoms with Gasteiger partial charge in [0.1, 0.15) is 12.0 Å². The molecule has 0 amide bonds. The fourth-order valence-corrected chi connectivity index (χ4v) is 3.15. The highest BCUT2D eigenvalue weighted by atomic mass is 35.5. The van der Waals surface area contributed by atoms with E-state index < -0.39 is 5.43 Å². The maximum atomic E-state index is 11.5. The second-order valence-corrected chi connectivity index (χ2v) is 6.34. The molecule has 1 aromatic carbocycles. The third-order valence-corrected chi connectivity index (χ3v) is 4.55. The second kappa shape index (κ2) is 7.99. The molecule has 4 rings (SSSR count). The molecule has 3 heterocycles. The number of aromatic hydroxyl groups is 1. The number of halogens is 1. The van der Waals surface area contributed by atoms with Crippen LogP contribution in [0.1, 0.15) is 11.3 Å². The fraction of sp³-hybridized carbons (Fsp3) is 0.389. The van der Waals surface area contributed by atoms with E-state index in [2.05, 4.69) is 15.9 Å². The molecule has 140 valence electrons. The van der Waals surface area contributed by atoms with Crippen LogP contribution in [0.4, 0.5) is 0 Å². The van der Waals surface area contributed by atoms with E-state index in [1.165, 1.54) is 11.6 Å². The summed E-state index contributed by atoms with van der Waals surface area (Å²) in [7, 11) is 0. The lowest BCUT2D eigenvalue weighted by Gasteiger charge is -2.34. The number of rotatable bonds is 4. The van der Waals surface area contributed by atoms with Crippen LogP contribution in [-0.2, 0) is 13.1 Å². The summed E-state index contributed by atoms with van der Waals surface area (Å²) < 4.78 is 16.0. The summed E-state index contributed by atoms with van der Waals surface area (Å²) in [4.78, 5) is 16.1. The maximum Gasteiger partial charge on any atom is 0.231 e. The Bertz CT molecular complexity index is 817. The Morgan fingerprint density at radius 3 is 2.38 bits per heavy atom. The highest BCUT2D eigenvalue weighted by Gasteiger charge is 2.19. The zero-order valence-corrected chi connectivity index (χ0v) is 15.0. The Balaban J connectivity index is 0.00000196. The van der Waals surface area contributed by atoms with E-state index >= 15 is 0 Å². The molecule has 2 aliphatic heterocycles. The summed E-state index contributed by atoms with van der Waals surface area (Å²) in [6, 6.07) is 7.43. The molecule has 0 saturated carbocycles. The second-order valence-electron chi connectivity index (χ2n) is 6.34. The molecule has 26 heavy (non-hydrogen) atoms. The number of hydrogen-bond donors (Lipinski definition) is 1. The third-order valence-electron chi connectivity index (χ3n) is 4.55. The van der Waals surface area contributed by atoms with E-state index in [0.29, 0.717) is 19.1 Å². The Hall–Kier alpha value is -2.22. The first-order valence-corrected chi connectivity index (χ1v) is 8.31. The average molecular weight is 381 g/mol. The SMILES string of the molecule is Cl.O=c1cc(CN2CCN(Cc3ccc4c(c3)OCO4)CC2)occ1O. The minimum Gasteiger partial charge on any atom is -0.502 e. The molecule has 1 fully saturated rings. The number of hydrogen-bond acceptors (Lipinski definition) is 7. The van der Waals surface area contributed by atoms with Crippen LogP contribution in [0.2, 0.25) is 0 Å². The fourth-order valence-electron chi connectivity index (χ4n) is 3.15. The van der Waals surface area contributed by atoms with Crippen molar-refractivity contribution in [3.8, 4) is 17.2 Å². The quantitative estimate of drug-likeness (QED) is 0.866. The maximum absolute atomic E-state index is 11.5. The zero-order chi connectivity index (χ0) is 17.2. The topological polar surface area (TPSA) is 75.4 Å². The Labute approximate surface area is 157 Å². The molecule has 0 unspecified atom stereocenters. The van der Waals surface area contributed by atoms with Crippen molar-refractivity contribution in [1.29, 1.82) is 0 Å². The number of benzene rings is 1. The first-order valence-electron chi connectivity index (χ1n) is 8.31. The van der Waals surface area contributed by atoms with Gasteiger partial charge in [0.25, 0.3) is 0 Å². The van der Waals surface area contributed by atoms with Crippen LogP contribution >= 0.6 is 12.4 Å². The van der Waals surface area contributed by atoms with Gasteiger partial charge in [-0.05, 0) is 17.7 Å². The van der Waals surface area contributed by atoms with Gasteiger partial charge in [-0.15, -0.1) is 12.4 Å². The molecule has 1 N–H and O–H groups in total.